The second kappa shape index (κ2) is 3.34. The summed E-state index contributed by atoms with van der Waals surface area (Å²) < 4.78 is 0. The Labute approximate surface area is 69.7 Å². The highest BCUT2D eigenvalue weighted by molar-refractivity contribution is 6.26. The minimum atomic E-state index is -0.927. The third-order valence-electron chi connectivity index (χ3n) is 1.60. The van der Waals surface area contributed by atoms with Crippen molar-refractivity contribution in [2.45, 2.75) is 13.0 Å². The van der Waals surface area contributed by atoms with Gasteiger partial charge in [-0.15, -0.1) is 0 Å². The average Bonchev–Trinajstić information content (AvgIpc) is 1.82. The van der Waals surface area contributed by atoms with Crippen molar-refractivity contribution in [3.8, 4) is 0 Å². The first-order chi connectivity index (χ1) is 5.59. The molecule has 0 bridgehead atoms. The molecule has 12 heavy (non-hydrogen) atoms. The van der Waals surface area contributed by atoms with Crippen LogP contribution >= 0.6 is 0 Å². The van der Waals surface area contributed by atoms with E-state index in [0.29, 0.717) is 13.1 Å². The lowest BCUT2D eigenvalue weighted by Gasteiger charge is -2.34. The van der Waals surface area contributed by atoms with Crippen LogP contribution in [0.15, 0.2) is 4.99 Å². The van der Waals surface area contributed by atoms with Crippen LogP contribution in [0, 0.1) is 0 Å². The largest absolute Gasteiger partial charge is 0.465 e. The molecule has 1 fully saturated rings. The standard InChI is InChI=1S/C7H10N2O3/c1-5(10)2-8-6-3-9(4-6)7(11)12/h2,6H,3-4H2,1H3,(H,11,12). The summed E-state index contributed by atoms with van der Waals surface area (Å²) in [5.74, 6) is -0.108. The fraction of sp³-hybridized carbons (Fsp3) is 0.571. The lowest BCUT2D eigenvalue weighted by atomic mass is 10.1. The number of carboxylic acid groups (broad SMARTS) is 1. The predicted octanol–water partition coefficient (Wildman–Crippen LogP) is 0.00840. The van der Waals surface area contributed by atoms with Gasteiger partial charge in [0.15, 0.2) is 5.78 Å². The van der Waals surface area contributed by atoms with Crippen molar-refractivity contribution in [3.63, 3.8) is 0 Å². The first kappa shape index (κ1) is 8.70. The molecular weight excluding hydrogens is 160 g/mol. The van der Waals surface area contributed by atoms with Crippen LogP contribution in [0.2, 0.25) is 0 Å². The molecule has 66 valence electrons. The Morgan fingerprint density at radius 1 is 1.58 bits per heavy atom. The molecule has 0 unspecified atom stereocenters. The Morgan fingerprint density at radius 2 is 2.17 bits per heavy atom. The number of hydrogen-bond donors (Lipinski definition) is 1. The Bertz CT molecular complexity index is 231. The fourth-order valence-corrected chi connectivity index (χ4v) is 0.916. The molecule has 1 saturated heterocycles. The summed E-state index contributed by atoms with van der Waals surface area (Å²) >= 11 is 0. The molecule has 1 amide bonds. The lowest BCUT2D eigenvalue weighted by Crippen LogP contribution is -2.52. The summed E-state index contributed by atoms with van der Waals surface area (Å²) in [6, 6.07) is -0.0231. The number of amides is 1. The third-order valence-corrected chi connectivity index (χ3v) is 1.60. The maximum Gasteiger partial charge on any atom is 0.407 e. The molecule has 1 N–H and O–H groups in total. The van der Waals surface area contributed by atoms with E-state index >= 15 is 0 Å². The second-order valence-electron chi connectivity index (χ2n) is 2.73. The van der Waals surface area contributed by atoms with Gasteiger partial charge in [0.05, 0.1) is 12.3 Å². The van der Waals surface area contributed by atoms with Gasteiger partial charge in [0.2, 0.25) is 0 Å². The predicted molar refractivity (Wildman–Crippen MR) is 42.6 cm³/mol. The van der Waals surface area contributed by atoms with Gasteiger partial charge in [-0.3, -0.25) is 9.79 Å². The number of carbonyl (C=O) groups is 2. The average molecular weight is 170 g/mol. The number of Topliss-reactive ketones (excluding diaryl/α,β-unsaturated/α-hetero) is 1. The van der Waals surface area contributed by atoms with E-state index in [0.717, 1.165) is 0 Å². The lowest BCUT2D eigenvalue weighted by molar-refractivity contribution is -0.110. The van der Waals surface area contributed by atoms with Gasteiger partial charge in [-0.25, -0.2) is 4.79 Å². The van der Waals surface area contributed by atoms with Crippen molar-refractivity contribution < 1.29 is 14.7 Å². The van der Waals surface area contributed by atoms with Crippen molar-refractivity contribution in [1.82, 2.24) is 4.90 Å². The SMILES string of the molecule is CC(=O)C=NC1CN(C(=O)O)C1. The normalized spacial score (nSPS) is 17.9. The summed E-state index contributed by atoms with van der Waals surface area (Å²) in [5, 5.41) is 8.44. The maximum absolute atomic E-state index is 10.4. The minimum Gasteiger partial charge on any atom is -0.465 e. The number of hydrogen-bond acceptors (Lipinski definition) is 3. The van der Waals surface area contributed by atoms with E-state index in [1.54, 1.807) is 0 Å². The van der Waals surface area contributed by atoms with Crippen LogP contribution in [0.5, 0.6) is 0 Å². The molecule has 0 aromatic carbocycles. The van der Waals surface area contributed by atoms with Crippen molar-refractivity contribution in [2.75, 3.05) is 13.1 Å². The number of nitrogens with zero attached hydrogens (tertiary/aromatic N) is 2. The van der Waals surface area contributed by atoms with Crippen molar-refractivity contribution in [2.24, 2.45) is 4.99 Å². The molecule has 0 saturated carbocycles. The van der Waals surface area contributed by atoms with Crippen molar-refractivity contribution >= 4 is 18.1 Å². The highest BCUT2D eigenvalue weighted by Crippen LogP contribution is 2.10. The molecule has 1 heterocycles. The van der Waals surface area contributed by atoms with Crippen LogP contribution in [0.3, 0.4) is 0 Å². The van der Waals surface area contributed by atoms with E-state index in [4.69, 9.17) is 5.11 Å². The van der Waals surface area contributed by atoms with Gasteiger partial charge in [-0.2, -0.15) is 0 Å². The topological polar surface area (TPSA) is 70.0 Å². The van der Waals surface area contributed by atoms with E-state index in [1.807, 2.05) is 0 Å². The molecule has 0 aliphatic carbocycles. The molecule has 0 aromatic heterocycles. The Balaban J connectivity index is 2.26. The van der Waals surface area contributed by atoms with Crippen LogP contribution in [0.25, 0.3) is 0 Å². The number of aliphatic imine (C=N–C) groups is 1. The summed E-state index contributed by atoms with van der Waals surface area (Å²) in [5.41, 5.74) is 0. The highest BCUT2D eigenvalue weighted by atomic mass is 16.4. The third kappa shape index (κ3) is 2.05. The smallest absolute Gasteiger partial charge is 0.407 e. The van der Waals surface area contributed by atoms with Crippen LogP contribution < -0.4 is 0 Å². The van der Waals surface area contributed by atoms with E-state index < -0.39 is 6.09 Å². The molecule has 1 aliphatic heterocycles. The molecular formula is C7H10N2O3. The molecule has 0 aromatic rings. The highest BCUT2D eigenvalue weighted by Gasteiger charge is 2.29. The van der Waals surface area contributed by atoms with E-state index in [2.05, 4.69) is 4.99 Å². The molecule has 0 radical (unpaired) electrons. The Morgan fingerprint density at radius 3 is 2.58 bits per heavy atom. The van der Waals surface area contributed by atoms with E-state index in [1.165, 1.54) is 18.0 Å². The summed E-state index contributed by atoms with van der Waals surface area (Å²) in [6.07, 6.45) is 0.313. The van der Waals surface area contributed by atoms with Crippen LogP contribution in [-0.2, 0) is 4.79 Å². The Kier molecular flexibility index (Phi) is 2.42. The quantitative estimate of drug-likeness (QED) is 0.593. The number of ketones is 1. The van der Waals surface area contributed by atoms with Gasteiger partial charge >= 0.3 is 6.09 Å². The zero-order chi connectivity index (χ0) is 9.14. The first-order valence-electron chi connectivity index (χ1n) is 3.61. The van der Waals surface area contributed by atoms with Crippen LogP contribution in [0.1, 0.15) is 6.92 Å². The summed E-state index contributed by atoms with van der Waals surface area (Å²) in [7, 11) is 0. The first-order valence-corrected chi connectivity index (χ1v) is 3.61. The maximum atomic E-state index is 10.4. The van der Waals surface area contributed by atoms with Gasteiger partial charge < -0.3 is 10.0 Å². The number of carbonyl (C=O) groups excluding carboxylic acids is 1. The fourth-order valence-electron chi connectivity index (χ4n) is 0.916. The zero-order valence-electron chi connectivity index (χ0n) is 6.73. The number of rotatable bonds is 2. The monoisotopic (exact) mass is 170 g/mol. The second-order valence-corrected chi connectivity index (χ2v) is 2.73. The van der Waals surface area contributed by atoms with Crippen LogP contribution in [-0.4, -0.2) is 47.2 Å². The summed E-state index contributed by atoms with van der Waals surface area (Å²) in [6.45, 7) is 2.22. The van der Waals surface area contributed by atoms with Gasteiger partial charge in [0.1, 0.15) is 0 Å². The molecule has 0 atom stereocenters. The van der Waals surface area contributed by atoms with Crippen molar-refractivity contribution in [3.05, 3.63) is 0 Å². The van der Waals surface area contributed by atoms with Gasteiger partial charge in [-0.05, 0) is 0 Å². The zero-order valence-corrected chi connectivity index (χ0v) is 6.73. The molecule has 1 aliphatic rings. The summed E-state index contributed by atoms with van der Waals surface area (Å²) in [4.78, 5) is 25.8. The molecule has 5 nitrogen and oxygen atoms in total. The van der Waals surface area contributed by atoms with E-state index in [9.17, 15) is 9.59 Å². The minimum absolute atomic E-state index is 0.0231. The van der Waals surface area contributed by atoms with Gasteiger partial charge in [0, 0.05) is 20.0 Å². The molecule has 0 spiro atoms. The molecule has 1 rings (SSSR count). The van der Waals surface area contributed by atoms with Crippen LogP contribution in [0.4, 0.5) is 4.79 Å². The number of likely N-dealkylation sites (tertiary alicyclic amines) is 1. The van der Waals surface area contributed by atoms with Crippen molar-refractivity contribution in [1.29, 1.82) is 0 Å². The van der Waals surface area contributed by atoms with E-state index in [-0.39, 0.29) is 11.8 Å². The van der Waals surface area contributed by atoms with Gasteiger partial charge in [0.25, 0.3) is 0 Å². The van der Waals surface area contributed by atoms with Gasteiger partial charge in [-0.1, -0.05) is 0 Å². The Hall–Kier alpha value is -1.39. The molecule has 5 heteroatoms.